The lowest BCUT2D eigenvalue weighted by Crippen LogP contribution is -1.82. The molecular formula is C18H20. The highest BCUT2D eigenvalue weighted by Crippen LogP contribution is 2.28. The minimum atomic E-state index is 1.35. The van der Waals surface area contributed by atoms with Crippen LogP contribution < -0.4 is 0 Å². The smallest absolute Gasteiger partial charge is 0.0103 e. The topological polar surface area (TPSA) is 0 Å². The quantitative estimate of drug-likeness (QED) is 0.443. The van der Waals surface area contributed by atoms with Gasteiger partial charge in [-0.3, -0.25) is 0 Å². The lowest BCUT2D eigenvalue weighted by molar-refractivity contribution is 1.50. The molecule has 18 heavy (non-hydrogen) atoms. The van der Waals surface area contributed by atoms with Crippen molar-refractivity contribution in [2.45, 2.75) is 27.7 Å². The highest BCUT2D eigenvalue weighted by atomic mass is 14.1. The van der Waals surface area contributed by atoms with Crippen molar-refractivity contribution in [3.8, 4) is 0 Å². The second-order valence-electron chi connectivity index (χ2n) is 4.41. The Kier molecular flexibility index (Phi) is 3.66. The number of aryl methyl sites for hydroxylation is 2. The van der Waals surface area contributed by atoms with Crippen molar-refractivity contribution in [3.05, 3.63) is 59.7 Å². The maximum Gasteiger partial charge on any atom is -0.0103 e. The number of benzene rings is 3. The van der Waals surface area contributed by atoms with Gasteiger partial charge in [-0.05, 0) is 46.5 Å². The van der Waals surface area contributed by atoms with Crippen LogP contribution in [0, 0.1) is 13.8 Å². The van der Waals surface area contributed by atoms with E-state index in [-0.39, 0.29) is 0 Å². The van der Waals surface area contributed by atoms with E-state index in [2.05, 4.69) is 62.4 Å². The molecule has 0 amide bonds. The molecular weight excluding hydrogens is 216 g/mol. The zero-order chi connectivity index (χ0) is 13.1. The van der Waals surface area contributed by atoms with E-state index in [0.29, 0.717) is 0 Å². The standard InChI is InChI=1S/C16H14.C2H6/c1-11-5-3-7-15-13(11)9-10-14-12(2)6-4-8-16(14)15;1-2/h3-10H,1-2H3;1-2H3. The van der Waals surface area contributed by atoms with E-state index in [9.17, 15) is 0 Å². The molecule has 0 aromatic heterocycles. The van der Waals surface area contributed by atoms with Crippen LogP contribution in [0.4, 0.5) is 0 Å². The fourth-order valence-electron chi connectivity index (χ4n) is 2.44. The molecule has 0 nitrogen and oxygen atoms in total. The van der Waals surface area contributed by atoms with Gasteiger partial charge >= 0.3 is 0 Å². The molecule has 0 N–H and O–H groups in total. The van der Waals surface area contributed by atoms with Gasteiger partial charge in [0.05, 0.1) is 0 Å². The van der Waals surface area contributed by atoms with Crippen LogP contribution in [0.25, 0.3) is 21.5 Å². The van der Waals surface area contributed by atoms with Crippen molar-refractivity contribution >= 4 is 21.5 Å². The predicted octanol–water partition coefficient (Wildman–Crippen LogP) is 5.64. The highest BCUT2D eigenvalue weighted by molar-refractivity contribution is 6.09. The van der Waals surface area contributed by atoms with Gasteiger partial charge in [-0.2, -0.15) is 0 Å². The molecule has 92 valence electrons. The van der Waals surface area contributed by atoms with Gasteiger partial charge in [0.15, 0.2) is 0 Å². The second kappa shape index (κ2) is 5.22. The average Bonchev–Trinajstić information content (AvgIpc) is 2.42. The third kappa shape index (κ3) is 1.99. The fraction of sp³-hybridized carbons (Fsp3) is 0.222. The summed E-state index contributed by atoms with van der Waals surface area (Å²) in [6.07, 6.45) is 0. The summed E-state index contributed by atoms with van der Waals surface area (Å²) in [4.78, 5) is 0. The molecule has 3 aromatic rings. The summed E-state index contributed by atoms with van der Waals surface area (Å²) in [7, 11) is 0. The van der Waals surface area contributed by atoms with Crippen LogP contribution in [-0.2, 0) is 0 Å². The van der Waals surface area contributed by atoms with E-state index in [1.807, 2.05) is 13.8 Å². The fourth-order valence-corrected chi connectivity index (χ4v) is 2.44. The van der Waals surface area contributed by atoms with Gasteiger partial charge < -0.3 is 0 Å². The monoisotopic (exact) mass is 236 g/mol. The molecule has 3 rings (SSSR count). The summed E-state index contributed by atoms with van der Waals surface area (Å²) in [5, 5.41) is 5.45. The van der Waals surface area contributed by atoms with Crippen LogP contribution in [0.3, 0.4) is 0 Å². The minimum Gasteiger partial charge on any atom is -0.0683 e. The van der Waals surface area contributed by atoms with E-state index in [1.54, 1.807) is 0 Å². The summed E-state index contributed by atoms with van der Waals surface area (Å²) in [6.45, 7) is 8.34. The van der Waals surface area contributed by atoms with Crippen LogP contribution in [0.1, 0.15) is 25.0 Å². The van der Waals surface area contributed by atoms with Crippen LogP contribution in [0.2, 0.25) is 0 Å². The predicted molar refractivity (Wildman–Crippen MR) is 82.3 cm³/mol. The lowest BCUT2D eigenvalue weighted by atomic mass is 9.97. The Morgan fingerprint density at radius 3 is 1.28 bits per heavy atom. The molecule has 0 aliphatic carbocycles. The van der Waals surface area contributed by atoms with Gasteiger partial charge in [-0.25, -0.2) is 0 Å². The molecule has 0 spiro atoms. The SMILES string of the molecule is CC.Cc1cccc2c1ccc1c(C)cccc12. The lowest BCUT2D eigenvalue weighted by Gasteiger charge is -2.07. The molecule has 3 aromatic carbocycles. The molecule has 0 atom stereocenters. The van der Waals surface area contributed by atoms with Crippen LogP contribution >= 0.6 is 0 Å². The van der Waals surface area contributed by atoms with Crippen LogP contribution in [-0.4, -0.2) is 0 Å². The number of hydrogen-bond donors (Lipinski definition) is 0. The third-order valence-electron chi connectivity index (χ3n) is 3.36. The van der Waals surface area contributed by atoms with Crippen molar-refractivity contribution in [2.24, 2.45) is 0 Å². The average molecular weight is 236 g/mol. The summed E-state index contributed by atoms with van der Waals surface area (Å²) in [5.41, 5.74) is 2.70. The van der Waals surface area contributed by atoms with E-state index < -0.39 is 0 Å². The van der Waals surface area contributed by atoms with Crippen molar-refractivity contribution < 1.29 is 0 Å². The largest absolute Gasteiger partial charge is 0.0683 e. The van der Waals surface area contributed by atoms with Gasteiger partial charge in [-0.15, -0.1) is 0 Å². The van der Waals surface area contributed by atoms with Crippen molar-refractivity contribution in [3.63, 3.8) is 0 Å². The second-order valence-corrected chi connectivity index (χ2v) is 4.41. The first-order valence-corrected chi connectivity index (χ1v) is 6.65. The Labute approximate surface area is 109 Å². The van der Waals surface area contributed by atoms with Gasteiger partial charge in [0.25, 0.3) is 0 Å². The van der Waals surface area contributed by atoms with Crippen LogP contribution in [0.5, 0.6) is 0 Å². The van der Waals surface area contributed by atoms with Gasteiger partial charge in [0, 0.05) is 0 Å². The molecule has 0 aliphatic heterocycles. The van der Waals surface area contributed by atoms with E-state index in [0.717, 1.165) is 0 Å². The highest BCUT2D eigenvalue weighted by Gasteiger charge is 2.02. The maximum atomic E-state index is 2.24. The zero-order valence-corrected chi connectivity index (χ0v) is 11.6. The molecule has 0 saturated heterocycles. The molecule has 0 heteroatoms. The Balaban J connectivity index is 0.000000574. The molecule has 0 unspecified atom stereocenters. The van der Waals surface area contributed by atoms with Crippen molar-refractivity contribution in [2.75, 3.05) is 0 Å². The van der Waals surface area contributed by atoms with E-state index in [4.69, 9.17) is 0 Å². The molecule has 0 saturated carbocycles. The first-order chi connectivity index (χ1) is 8.77. The maximum absolute atomic E-state index is 2.24. The molecule has 0 fully saturated rings. The first-order valence-electron chi connectivity index (χ1n) is 6.65. The van der Waals surface area contributed by atoms with E-state index in [1.165, 1.54) is 32.7 Å². The zero-order valence-electron chi connectivity index (χ0n) is 11.6. The molecule has 0 radical (unpaired) electrons. The summed E-state index contributed by atoms with van der Waals surface area (Å²) in [5.74, 6) is 0. The number of fused-ring (bicyclic) bond motifs is 3. The Bertz CT molecular complexity index is 617. The minimum absolute atomic E-state index is 1.35. The van der Waals surface area contributed by atoms with Crippen LogP contribution in [0.15, 0.2) is 48.5 Å². The first kappa shape index (κ1) is 12.6. The summed E-state index contributed by atoms with van der Waals surface area (Å²) < 4.78 is 0. The summed E-state index contributed by atoms with van der Waals surface area (Å²) in [6, 6.07) is 17.5. The Morgan fingerprint density at radius 2 is 0.889 bits per heavy atom. The molecule has 0 aliphatic rings. The summed E-state index contributed by atoms with van der Waals surface area (Å²) >= 11 is 0. The normalized spacial score (nSPS) is 10.2. The van der Waals surface area contributed by atoms with Gasteiger partial charge in [0.2, 0.25) is 0 Å². The third-order valence-corrected chi connectivity index (χ3v) is 3.36. The van der Waals surface area contributed by atoms with E-state index >= 15 is 0 Å². The number of rotatable bonds is 0. The van der Waals surface area contributed by atoms with Gasteiger partial charge in [0.1, 0.15) is 0 Å². The number of hydrogen-bond acceptors (Lipinski definition) is 0. The van der Waals surface area contributed by atoms with Gasteiger partial charge in [-0.1, -0.05) is 62.4 Å². The Hall–Kier alpha value is -1.82. The Morgan fingerprint density at radius 1 is 0.500 bits per heavy atom. The van der Waals surface area contributed by atoms with Crippen molar-refractivity contribution in [1.29, 1.82) is 0 Å². The molecule has 0 heterocycles. The van der Waals surface area contributed by atoms with Crippen molar-refractivity contribution in [1.82, 2.24) is 0 Å². The molecule has 0 bridgehead atoms.